The van der Waals surface area contributed by atoms with E-state index in [9.17, 15) is 5.11 Å². The molecule has 1 N–H and O–H groups in total. The summed E-state index contributed by atoms with van der Waals surface area (Å²) in [6, 6.07) is 1.76. The van der Waals surface area contributed by atoms with Gasteiger partial charge in [-0.3, -0.25) is 0 Å². The lowest BCUT2D eigenvalue weighted by molar-refractivity contribution is 0.0237. The van der Waals surface area contributed by atoms with Crippen molar-refractivity contribution in [1.82, 2.24) is 9.97 Å². The number of rotatable bonds is 4. The fourth-order valence-corrected chi connectivity index (χ4v) is 2.91. The van der Waals surface area contributed by atoms with Gasteiger partial charge in [-0.2, -0.15) is 0 Å². The topological polar surface area (TPSA) is 64.5 Å². The largest absolute Gasteiger partial charge is 0.481 e. The molecule has 0 bridgehead atoms. The summed E-state index contributed by atoms with van der Waals surface area (Å²) in [7, 11) is 1.57. The molecule has 19 heavy (non-hydrogen) atoms. The number of aromatic nitrogens is 2. The zero-order chi connectivity index (χ0) is 14.0. The molecule has 1 fully saturated rings. The first-order valence-corrected chi connectivity index (χ1v) is 6.71. The molecule has 5 atom stereocenters. The van der Waals surface area contributed by atoms with Crippen molar-refractivity contribution in [3.8, 4) is 5.88 Å². The molecule has 0 amide bonds. The average molecular weight is 266 g/mol. The molecule has 0 aromatic carbocycles. The molecule has 1 saturated heterocycles. The Hall–Kier alpha value is -1.20. The summed E-state index contributed by atoms with van der Waals surface area (Å²) in [6.07, 6.45) is 1.75. The van der Waals surface area contributed by atoms with E-state index >= 15 is 0 Å². The highest BCUT2D eigenvalue weighted by Gasteiger charge is 2.41. The Bertz CT molecular complexity index is 427. The van der Waals surface area contributed by atoms with Crippen LogP contribution < -0.4 is 4.74 Å². The minimum atomic E-state index is -0.463. The van der Waals surface area contributed by atoms with Gasteiger partial charge in [0.05, 0.1) is 31.1 Å². The second kappa shape index (κ2) is 5.84. The van der Waals surface area contributed by atoms with Crippen molar-refractivity contribution in [2.24, 2.45) is 11.8 Å². The summed E-state index contributed by atoms with van der Waals surface area (Å²) < 4.78 is 10.8. The van der Waals surface area contributed by atoms with Crippen LogP contribution in [0.3, 0.4) is 0 Å². The Morgan fingerprint density at radius 1 is 1.32 bits per heavy atom. The van der Waals surface area contributed by atoms with Crippen molar-refractivity contribution in [3.63, 3.8) is 0 Å². The van der Waals surface area contributed by atoms with Gasteiger partial charge < -0.3 is 14.6 Å². The Balaban J connectivity index is 2.06. The second-order valence-corrected chi connectivity index (χ2v) is 5.31. The SMILES string of the molecule is COc1cc(CC(O)C2C(C)OC(C)C2C)ncn1. The van der Waals surface area contributed by atoms with Crippen LogP contribution in [0.2, 0.25) is 0 Å². The number of methoxy groups -OCH3 is 1. The quantitative estimate of drug-likeness (QED) is 0.893. The minimum Gasteiger partial charge on any atom is -0.481 e. The van der Waals surface area contributed by atoms with Crippen molar-refractivity contribution < 1.29 is 14.6 Å². The molecule has 5 heteroatoms. The van der Waals surface area contributed by atoms with E-state index in [4.69, 9.17) is 9.47 Å². The number of hydrogen-bond donors (Lipinski definition) is 1. The van der Waals surface area contributed by atoms with Crippen LogP contribution in [0, 0.1) is 11.8 Å². The highest BCUT2D eigenvalue weighted by Crippen LogP contribution is 2.35. The Kier molecular flexibility index (Phi) is 4.37. The third-order valence-electron chi connectivity index (χ3n) is 4.09. The van der Waals surface area contributed by atoms with Crippen LogP contribution in [-0.2, 0) is 11.2 Å². The predicted molar refractivity (Wildman–Crippen MR) is 71.0 cm³/mol. The summed E-state index contributed by atoms with van der Waals surface area (Å²) >= 11 is 0. The smallest absolute Gasteiger partial charge is 0.216 e. The molecule has 1 aliphatic heterocycles. The maximum Gasteiger partial charge on any atom is 0.216 e. The number of ether oxygens (including phenoxy) is 2. The molecule has 1 aromatic heterocycles. The van der Waals surface area contributed by atoms with Crippen molar-refractivity contribution in [1.29, 1.82) is 0 Å². The van der Waals surface area contributed by atoms with Crippen LogP contribution in [-0.4, -0.2) is 40.5 Å². The lowest BCUT2D eigenvalue weighted by Gasteiger charge is -2.24. The highest BCUT2D eigenvalue weighted by molar-refractivity contribution is 5.14. The van der Waals surface area contributed by atoms with E-state index in [0.717, 1.165) is 5.69 Å². The molecule has 0 aliphatic carbocycles. The van der Waals surface area contributed by atoms with Crippen LogP contribution in [0.4, 0.5) is 0 Å². The molecular formula is C14H22N2O3. The summed E-state index contributed by atoms with van der Waals surface area (Å²) in [6.45, 7) is 6.21. The molecule has 0 radical (unpaired) electrons. The van der Waals surface area contributed by atoms with E-state index in [1.54, 1.807) is 13.2 Å². The molecular weight excluding hydrogens is 244 g/mol. The van der Waals surface area contributed by atoms with Crippen molar-refractivity contribution in [2.75, 3.05) is 7.11 Å². The van der Waals surface area contributed by atoms with Gasteiger partial charge in [0.1, 0.15) is 6.33 Å². The minimum absolute atomic E-state index is 0.0729. The molecule has 0 spiro atoms. The van der Waals surface area contributed by atoms with E-state index < -0.39 is 6.10 Å². The monoisotopic (exact) mass is 266 g/mol. The first-order chi connectivity index (χ1) is 9.02. The van der Waals surface area contributed by atoms with E-state index in [-0.39, 0.29) is 18.1 Å². The normalized spacial score (nSPS) is 32.3. The maximum atomic E-state index is 10.4. The van der Waals surface area contributed by atoms with E-state index in [1.165, 1.54) is 6.33 Å². The summed E-state index contributed by atoms with van der Waals surface area (Å²) in [5, 5.41) is 10.4. The first-order valence-electron chi connectivity index (χ1n) is 6.71. The molecule has 1 aliphatic rings. The molecule has 5 nitrogen and oxygen atoms in total. The van der Waals surface area contributed by atoms with Gasteiger partial charge in [-0.25, -0.2) is 9.97 Å². The third-order valence-corrected chi connectivity index (χ3v) is 4.09. The fraction of sp³-hybridized carbons (Fsp3) is 0.714. The van der Waals surface area contributed by atoms with Crippen LogP contribution in [0.15, 0.2) is 12.4 Å². The lowest BCUT2D eigenvalue weighted by atomic mass is 9.83. The van der Waals surface area contributed by atoms with Crippen molar-refractivity contribution >= 4 is 0 Å². The number of aliphatic hydroxyl groups excluding tert-OH is 1. The van der Waals surface area contributed by atoms with Gasteiger partial charge in [-0.15, -0.1) is 0 Å². The van der Waals surface area contributed by atoms with Crippen molar-refractivity contribution in [3.05, 3.63) is 18.1 Å². The Morgan fingerprint density at radius 2 is 2.05 bits per heavy atom. The molecule has 2 rings (SSSR count). The highest BCUT2D eigenvalue weighted by atomic mass is 16.5. The number of aliphatic hydroxyl groups is 1. The van der Waals surface area contributed by atoms with Gasteiger partial charge in [0.25, 0.3) is 0 Å². The van der Waals surface area contributed by atoms with Gasteiger partial charge in [-0.1, -0.05) is 6.92 Å². The molecule has 2 heterocycles. The van der Waals surface area contributed by atoms with E-state index in [2.05, 4.69) is 23.8 Å². The van der Waals surface area contributed by atoms with E-state index in [0.29, 0.717) is 18.2 Å². The van der Waals surface area contributed by atoms with Gasteiger partial charge in [-0.05, 0) is 19.8 Å². The second-order valence-electron chi connectivity index (χ2n) is 5.31. The molecule has 5 unspecified atom stereocenters. The third kappa shape index (κ3) is 3.04. The zero-order valence-corrected chi connectivity index (χ0v) is 11.9. The van der Waals surface area contributed by atoms with Gasteiger partial charge in [0.2, 0.25) is 5.88 Å². The molecule has 1 aromatic rings. The average Bonchev–Trinajstić information content (AvgIpc) is 2.63. The van der Waals surface area contributed by atoms with Gasteiger partial charge in [0, 0.05) is 18.4 Å². The number of nitrogens with zero attached hydrogens (tertiary/aromatic N) is 2. The number of hydrogen-bond acceptors (Lipinski definition) is 5. The van der Waals surface area contributed by atoms with Gasteiger partial charge >= 0.3 is 0 Å². The van der Waals surface area contributed by atoms with Crippen LogP contribution in [0.1, 0.15) is 26.5 Å². The van der Waals surface area contributed by atoms with Crippen LogP contribution >= 0.6 is 0 Å². The zero-order valence-electron chi connectivity index (χ0n) is 11.9. The Labute approximate surface area is 114 Å². The van der Waals surface area contributed by atoms with Gasteiger partial charge in [0.15, 0.2) is 0 Å². The molecule has 106 valence electrons. The standard InChI is InChI=1S/C14H22N2O3/c1-8-9(2)19-10(3)14(8)12(17)5-11-6-13(18-4)16-7-15-11/h6-10,12,14,17H,5H2,1-4H3. The van der Waals surface area contributed by atoms with Crippen LogP contribution in [0.25, 0.3) is 0 Å². The fourth-order valence-electron chi connectivity index (χ4n) is 2.91. The van der Waals surface area contributed by atoms with E-state index in [1.807, 2.05) is 6.92 Å². The Morgan fingerprint density at radius 3 is 2.63 bits per heavy atom. The lowest BCUT2D eigenvalue weighted by Crippen LogP contribution is -2.32. The van der Waals surface area contributed by atoms with Crippen LogP contribution in [0.5, 0.6) is 5.88 Å². The van der Waals surface area contributed by atoms with Crippen molar-refractivity contribution in [2.45, 2.75) is 45.5 Å². The summed E-state index contributed by atoms with van der Waals surface area (Å²) in [5.41, 5.74) is 0.790. The first kappa shape index (κ1) is 14.2. The molecule has 0 saturated carbocycles. The summed E-state index contributed by atoms with van der Waals surface area (Å²) in [4.78, 5) is 8.14. The predicted octanol–water partition coefficient (Wildman–Crippen LogP) is 1.45. The summed E-state index contributed by atoms with van der Waals surface area (Å²) in [5.74, 6) is 0.999. The maximum absolute atomic E-state index is 10.4.